The molecule has 13 heavy (non-hydrogen) atoms. The predicted octanol–water partition coefficient (Wildman–Crippen LogP) is -0.949. The maximum atomic E-state index is 2.27. The number of nitrogens with zero attached hydrogens (tertiary/aromatic N) is 1. The van der Waals surface area contributed by atoms with Crippen molar-refractivity contribution in [2.75, 3.05) is 20.6 Å². The smallest absolute Gasteiger partial charge is 0.348 e. The van der Waals surface area contributed by atoms with Gasteiger partial charge in [0.2, 0.25) is 0 Å². The Balaban J connectivity index is 0.000000845. The third-order valence-corrected chi connectivity index (χ3v) is 2.75. The Kier molecular flexibility index (Phi) is 3.13. The van der Waals surface area contributed by atoms with Gasteiger partial charge in [0.15, 0.2) is 0 Å². The Morgan fingerprint density at radius 3 is 2.15 bits per heavy atom. The summed E-state index contributed by atoms with van der Waals surface area (Å²) in [4.78, 5) is 0. The van der Waals surface area contributed by atoms with Crippen molar-refractivity contribution >= 4 is 0 Å². The van der Waals surface area contributed by atoms with Crippen LogP contribution in [0.2, 0.25) is 0 Å². The van der Waals surface area contributed by atoms with Crippen molar-refractivity contribution in [1.29, 1.82) is 0 Å². The Morgan fingerprint density at radius 1 is 1.15 bits per heavy atom. The molecule has 2 heteroatoms. The second-order valence-electron chi connectivity index (χ2n) is 3.97. The Hall–Kier alpha value is -0.353. The fourth-order valence-electron chi connectivity index (χ4n) is 1.80. The van der Waals surface area contributed by atoms with E-state index in [9.17, 15) is 0 Å². The minimum Gasteiger partial charge on any atom is -0.348 e. The SMILES string of the molecule is C[N+]1(C)CC[C-]1c1ccccc1.[Li+]. The van der Waals surface area contributed by atoms with E-state index in [-0.39, 0.29) is 18.9 Å². The summed E-state index contributed by atoms with van der Waals surface area (Å²) in [6, 6.07) is 12.3. The molecule has 1 aliphatic heterocycles. The average Bonchev–Trinajstić information content (AvgIpc) is 2.05. The molecule has 0 bridgehead atoms. The van der Waals surface area contributed by atoms with Crippen LogP contribution in [0.3, 0.4) is 0 Å². The van der Waals surface area contributed by atoms with E-state index < -0.39 is 0 Å². The van der Waals surface area contributed by atoms with Gasteiger partial charge in [0, 0.05) is 12.5 Å². The van der Waals surface area contributed by atoms with Crippen molar-refractivity contribution < 1.29 is 23.3 Å². The van der Waals surface area contributed by atoms with Gasteiger partial charge in [-0.25, -0.2) is 0 Å². The van der Waals surface area contributed by atoms with E-state index in [0.29, 0.717) is 0 Å². The molecule has 0 N–H and O–H groups in total. The Bertz CT molecular complexity index is 269. The van der Waals surface area contributed by atoms with E-state index in [1.165, 1.54) is 18.5 Å². The second-order valence-corrected chi connectivity index (χ2v) is 3.97. The molecule has 0 atom stereocenters. The van der Waals surface area contributed by atoms with E-state index in [2.05, 4.69) is 44.4 Å². The molecule has 1 heterocycles. The maximum absolute atomic E-state index is 2.27. The number of quaternary nitrogens is 1. The second kappa shape index (κ2) is 3.80. The van der Waals surface area contributed by atoms with Crippen LogP contribution < -0.4 is 18.9 Å². The minimum atomic E-state index is 0. The summed E-state index contributed by atoms with van der Waals surface area (Å²) in [5.41, 5.74) is 1.41. The van der Waals surface area contributed by atoms with Crippen LogP contribution in [0, 0.1) is 6.04 Å². The number of likely N-dealkylation sites (tertiary alicyclic amines) is 1. The van der Waals surface area contributed by atoms with Gasteiger partial charge in [-0.3, -0.25) is 0 Å². The van der Waals surface area contributed by atoms with E-state index in [0.717, 1.165) is 4.48 Å². The van der Waals surface area contributed by atoms with Crippen LogP contribution in [0.1, 0.15) is 12.0 Å². The molecule has 1 aromatic carbocycles. The first kappa shape index (κ1) is 10.7. The molecular weight excluding hydrogens is 153 g/mol. The minimum absolute atomic E-state index is 0. The summed E-state index contributed by atoms with van der Waals surface area (Å²) in [5, 5.41) is 0. The number of hydrogen-bond donors (Lipinski definition) is 0. The van der Waals surface area contributed by atoms with E-state index in [4.69, 9.17) is 0 Å². The molecule has 1 nitrogen and oxygen atoms in total. The van der Waals surface area contributed by atoms with Crippen LogP contribution in [0.15, 0.2) is 30.3 Å². The quantitative estimate of drug-likeness (QED) is 0.288. The molecule has 0 aliphatic carbocycles. The molecule has 0 unspecified atom stereocenters. The molecule has 64 valence electrons. The first-order chi connectivity index (χ1) is 5.70. The fraction of sp³-hybridized carbons (Fsp3) is 0.364. The van der Waals surface area contributed by atoms with Gasteiger partial charge in [0.05, 0.1) is 20.6 Å². The summed E-state index contributed by atoms with van der Waals surface area (Å²) >= 11 is 0. The zero-order valence-electron chi connectivity index (χ0n) is 8.75. The van der Waals surface area contributed by atoms with Crippen LogP contribution in [0.5, 0.6) is 0 Å². The van der Waals surface area contributed by atoms with Gasteiger partial charge >= 0.3 is 18.9 Å². The number of benzene rings is 1. The first-order valence-corrected chi connectivity index (χ1v) is 4.45. The zero-order valence-corrected chi connectivity index (χ0v) is 8.75. The molecule has 0 spiro atoms. The van der Waals surface area contributed by atoms with E-state index in [1.54, 1.807) is 6.04 Å². The Labute approximate surface area is 92.5 Å². The van der Waals surface area contributed by atoms with Crippen molar-refractivity contribution in [2.24, 2.45) is 0 Å². The molecule has 0 saturated carbocycles. The van der Waals surface area contributed by atoms with Crippen molar-refractivity contribution in [3.05, 3.63) is 41.9 Å². The van der Waals surface area contributed by atoms with Gasteiger partial charge in [0.1, 0.15) is 0 Å². The largest absolute Gasteiger partial charge is 1.00 e. The molecule has 1 aliphatic rings. The van der Waals surface area contributed by atoms with Crippen LogP contribution in [0.4, 0.5) is 0 Å². The normalized spacial score (nSPS) is 18.8. The molecule has 0 radical (unpaired) electrons. The van der Waals surface area contributed by atoms with Crippen LogP contribution in [-0.4, -0.2) is 25.1 Å². The summed E-state index contributed by atoms with van der Waals surface area (Å²) in [7, 11) is 4.54. The van der Waals surface area contributed by atoms with Gasteiger partial charge in [-0.05, 0) is 0 Å². The van der Waals surface area contributed by atoms with Gasteiger partial charge in [0.25, 0.3) is 0 Å². The number of hydrogen-bond acceptors (Lipinski definition) is 0. The molecule has 1 aromatic rings. The summed E-state index contributed by atoms with van der Waals surface area (Å²) in [6.07, 6.45) is 1.26. The third kappa shape index (κ3) is 1.94. The third-order valence-electron chi connectivity index (χ3n) is 2.75. The van der Waals surface area contributed by atoms with Gasteiger partial charge in [-0.2, -0.15) is 12.1 Å². The van der Waals surface area contributed by atoms with Gasteiger partial charge < -0.3 is 4.48 Å². The van der Waals surface area contributed by atoms with Crippen LogP contribution in [0.25, 0.3) is 0 Å². The molecule has 1 saturated heterocycles. The van der Waals surface area contributed by atoms with Gasteiger partial charge in [-0.1, -0.05) is 6.07 Å². The zero-order chi connectivity index (χ0) is 8.60. The van der Waals surface area contributed by atoms with Crippen molar-refractivity contribution in [2.45, 2.75) is 6.42 Å². The topological polar surface area (TPSA) is 0 Å². The van der Waals surface area contributed by atoms with E-state index >= 15 is 0 Å². The van der Waals surface area contributed by atoms with E-state index in [1.807, 2.05) is 0 Å². The summed E-state index contributed by atoms with van der Waals surface area (Å²) in [6.45, 7) is 1.28. The standard InChI is InChI=1S/C11H15N.Li/c1-12(2)9-8-11(12)10-6-4-3-5-7-10;/h3-7H,8-9H2,1-2H3;/q;+1. The van der Waals surface area contributed by atoms with Crippen molar-refractivity contribution in [3.8, 4) is 0 Å². The number of rotatable bonds is 1. The summed E-state index contributed by atoms with van der Waals surface area (Å²) in [5.74, 6) is 0. The predicted molar refractivity (Wildman–Crippen MR) is 50.4 cm³/mol. The van der Waals surface area contributed by atoms with Crippen molar-refractivity contribution in [1.82, 2.24) is 0 Å². The van der Waals surface area contributed by atoms with Crippen LogP contribution >= 0.6 is 0 Å². The van der Waals surface area contributed by atoms with Gasteiger partial charge in [-0.15, -0.1) is 17.7 Å². The monoisotopic (exact) mass is 168 g/mol. The molecule has 0 aromatic heterocycles. The first-order valence-electron chi connectivity index (χ1n) is 4.45. The average molecular weight is 168 g/mol. The van der Waals surface area contributed by atoms with Crippen molar-refractivity contribution in [3.63, 3.8) is 0 Å². The maximum Gasteiger partial charge on any atom is 1.00 e. The summed E-state index contributed by atoms with van der Waals surface area (Å²) < 4.78 is 1.07. The molecule has 1 fully saturated rings. The molecular formula is C11H15LiN+. The van der Waals surface area contributed by atoms with Crippen LogP contribution in [-0.2, 0) is 0 Å². The molecule has 0 amide bonds. The fourth-order valence-corrected chi connectivity index (χ4v) is 1.80. The Morgan fingerprint density at radius 2 is 1.77 bits per heavy atom. The molecule has 2 rings (SSSR count).